The van der Waals surface area contributed by atoms with Crippen molar-refractivity contribution in [2.45, 2.75) is 6.18 Å². The van der Waals surface area contributed by atoms with Gasteiger partial charge in [-0.25, -0.2) is 0 Å². The smallest absolute Gasteiger partial charge is 0.345 e. The third-order valence-corrected chi connectivity index (χ3v) is 3.98. The van der Waals surface area contributed by atoms with E-state index in [0.717, 1.165) is 23.5 Å². The molecular formula is C20H16F3N3O. The number of nitrogens with zero attached hydrogens (tertiary/aromatic N) is 2. The van der Waals surface area contributed by atoms with E-state index in [4.69, 9.17) is 0 Å². The molecule has 0 atom stereocenters. The molecule has 7 heteroatoms. The second kappa shape index (κ2) is 7.49. The Bertz CT molecular complexity index is 925. The van der Waals surface area contributed by atoms with E-state index in [0.29, 0.717) is 0 Å². The van der Waals surface area contributed by atoms with Gasteiger partial charge in [-0.05, 0) is 48.5 Å². The minimum Gasteiger partial charge on any atom is -0.345 e. The summed E-state index contributed by atoms with van der Waals surface area (Å²) in [6.45, 7) is 0. The van der Waals surface area contributed by atoms with Gasteiger partial charge in [-0.15, -0.1) is 0 Å². The number of hydrogen-bond donors (Lipinski definition) is 1. The molecule has 1 heterocycles. The van der Waals surface area contributed by atoms with Crippen molar-refractivity contribution in [3.63, 3.8) is 0 Å². The molecule has 0 saturated heterocycles. The van der Waals surface area contributed by atoms with Gasteiger partial charge in [0.15, 0.2) is 0 Å². The van der Waals surface area contributed by atoms with Crippen LogP contribution in [0.3, 0.4) is 0 Å². The Kier molecular flexibility index (Phi) is 5.12. The van der Waals surface area contributed by atoms with Crippen LogP contribution in [0.5, 0.6) is 0 Å². The van der Waals surface area contributed by atoms with Gasteiger partial charge in [0.1, 0.15) is 5.69 Å². The van der Waals surface area contributed by atoms with E-state index in [1.807, 2.05) is 42.3 Å². The summed E-state index contributed by atoms with van der Waals surface area (Å²) in [5.41, 5.74) is 1.35. The number of aromatic nitrogens is 1. The molecule has 1 amide bonds. The molecule has 0 aliphatic heterocycles. The average molecular weight is 371 g/mol. The van der Waals surface area contributed by atoms with E-state index < -0.39 is 17.6 Å². The average Bonchev–Trinajstić information content (AvgIpc) is 2.68. The second-order valence-corrected chi connectivity index (χ2v) is 5.82. The molecule has 0 bridgehead atoms. The van der Waals surface area contributed by atoms with Crippen LogP contribution in [0.2, 0.25) is 0 Å². The first-order valence-corrected chi connectivity index (χ1v) is 8.08. The molecule has 2 aromatic carbocycles. The summed E-state index contributed by atoms with van der Waals surface area (Å²) in [4.78, 5) is 18.3. The van der Waals surface area contributed by atoms with E-state index in [2.05, 4.69) is 10.3 Å². The minimum absolute atomic E-state index is 0.162. The van der Waals surface area contributed by atoms with Crippen LogP contribution in [-0.4, -0.2) is 17.9 Å². The molecule has 0 fully saturated rings. The first kappa shape index (κ1) is 18.4. The summed E-state index contributed by atoms with van der Waals surface area (Å²) in [5, 5.41) is 2.56. The lowest BCUT2D eigenvalue weighted by Crippen LogP contribution is -2.16. The molecule has 3 aromatic rings. The molecule has 3 rings (SSSR count). The van der Waals surface area contributed by atoms with Gasteiger partial charge in [0, 0.05) is 30.3 Å². The van der Waals surface area contributed by atoms with Crippen molar-refractivity contribution >= 4 is 23.0 Å². The summed E-state index contributed by atoms with van der Waals surface area (Å²) in [6.07, 6.45) is -2.91. The molecule has 27 heavy (non-hydrogen) atoms. The highest BCUT2D eigenvalue weighted by Crippen LogP contribution is 2.30. The minimum atomic E-state index is -4.42. The van der Waals surface area contributed by atoms with E-state index in [1.165, 1.54) is 18.3 Å². The zero-order chi connectivity index (χ0) is 19.4. The number of para-hydroxylation sites is 1. The number of hydrogen-bond acceptors (Lipinski definition) is 3. The summed E-state index contributed by atoms with van der Waals surface area (Å²) in [6, 6.07) is 17.2. The Balaban J connectivity index is 1.76. The van der Waals surface area contributed by atoms with Gasteiger partial charge in [-0.3, -0.25) is 9.78 Å². The molecule has 0 spiro atoms. The monoisotopic (exact) mass is 371 g/mol. The summed E-state index contributed by atoms with van der Waals surface area (Å²) < 4.78 is 37.8. The van der Waals surface area contributed by atoms with Crippen LogP contribution in [0.25, 0.3) is 0 Å². The molecule has 4 nitrogen and oxygen atoms in total. The van der Waals surface area contributed by atoms with E-state index >= 15 is 0 Å². The number of carbonyl (C=O) groups is 1. The van der Waals surface area contributed by atoms with Gasteiger partial charge in [0.25, 0.3) is 5.91 Å². The second-order valence-electron chi connectivity index (χ2n) is 5.82. The Hall–Kier alpha value is -3.35. The molecule has 1 aromatic heterocycles. The fourth-order valence-electron chi connectivity index (χ4n) is 2.49. The van der Waals surface area contributed by atoms with Crippen LogP contribution >= 0.6 is 0 Å². The summed E-state index contributed by atoms with van der Waals surface area (Å²) >= 11 is 0. The van der Waals surface area contributed by atoms with Crippen LogP contribution in [0.1, 0.15) is 16.1 Å². The third kappa shape index (κ3) is 4.44. The number of pyridine rings is 1. The van der Waals surface area contributed by atoms with Crippen molar-refractivity contribution < 1.29 is 18.0 Å². The number of benzene rings is 2. The van der Waals surface area contributed by atoms with Gasteiger partial charge in [-0.2, -0.15) is 13.2 Å². The number of nitrogens with one attached hydrogen (secondary N) is 1. The number of halogens is 3. The number of alkyl halides is 3. The van der Waals surface area contributed by atoms with Crippen LogP contribution in [0, 0.1) is 0 Å². The van der Waals surface area contributed by atoms with Crippen molar-refractivity contribution in [2.75, 3.05) is 17.3 Å². The van der Waals surface area contributed by atoms with Crippen molar-refractivity contribution in [1.82, 2.24) is 4.98 Å². The molecule has 0 aliphatic carbocycles. The lowest BCUT2D eigenvalue weighted by molar-refractivity contribution is -0.137. The fourth-order valence-corrected chi connectivity index (χ4v) is 2.49. The molecule has 0 saturated carbocycles. The number of carbonyl (C=O) groups excluding carboxylic acids is 1. The van der Waals surface area contributed by atoms with Crippen LogP contribution in [-0.2, 0) is 6.18 Å². The van der Waals surface area contributed by atoms with Crippen molar-refractivity contribution in [2.24, 2.45) is 0 Å². The SMILES string of the molecule is CN(c1ccccc1)c1ccnc(C(=O)Nc2ccc(C(F)(F)F)cc2)c1. The van der Waals surface area contributed by atoms with Gasteiger partial charge in [0.05, 0.1) is 5.56 Å². The maximum absolute atomic E-state index is 12.6. The zero-order valence-electron chi connectivity index (χ0n) is 14.4. The van der Waals surface area contributed by atoms with Crippen molar-refractivity contribution in [3.05, 3.63) is 84.2 Å². The molecule has 1 N–H and O–H groups in total. The Labute approximate surface area is 154 Å². The van der Waals surface area contributed by atoms with Gasteiger partial charge >= 0.3 is 6.18 Å². The normalized spacial score (nSPS) is 11.1. The lowest BCUT2D eigenvalue weighted by atomic mass is 10.2. The molecule has 138 valence electrons. The van der Waals surface area contributed by atoms with Crippen LogP contribution in [0.4, 0.5) is 30.2 Å². The summed E-state index contributed by atoms with van der Waals surface area (Å²) in [7, 11) is 1.86. The maximum Gasteiger partial charge on any atom is 0.416 e. The highest BCUT2D eigenvalue weighted by molar-refractivity contribution is 6.03. The fraction of sp³-hybridized carbons (Fsp3) is 0.100. The topological polar surface area (TPSA) is 45.2 Å². The number of rotatable bonds is 4. The highest BCUT2D eigenvalue weighted by Gasteiger charge is 2.30. The Morgan fingerprint density at radius 3 is 2.26 bits per heavy atom. The quantitative estimate of drug-likeness (QED) is 0.692. The van der Waals surface area contributed by atoms with E-state index in [-0.39, 0.29) is 11.4 Å². The maximum atomic E-state index is 12.6. The molecule has 0 unspecified atom stereocenters. The third-order valence-electron chi connectivity index (χ3n) is 3.98. The first-order chi connectivity index (χ1) is 12.8. The predicted octanol–water partition coefficient (Wildman–Crippen LogP) is 5.12. The molecular weight excluding hydrogens is 355 g/mol. The first-order valence-electron chi connectivity index (χ1n) is 8.08. The Morgan fingerprint density at radius 2 is 1.63 bits per heavy atom. The van der Waals surface area contributed by atoms with E-state index in [9.17, 15) is 18.0 Å². The largest absolute Gasteiger partial charge is 0.416 e. The van der Waals surface area contributed by atoms with Gasteiger partial charge in [-0.1, -0.05) is 18.2 Å². The van der Waals surface area contributed by atoms with Crippen molar-refractivity contribution in [1.29, 1.82) is 0 Å². The van der Waals surface area contributed by atoms with Crippen LogP contribution in [0.15, 0.2) is 72.9 Å². The van der Waals surface area contributed by atoms with Crippen LogP contribution < -0.4 is 10.2 Å². The zero-order valence-corrected chi connectivity index (χ0v) is 14.4. The lowest BCUT2D eigenvalue weighted by Gasteiger charge is -2.19. The Morgan fingerprint density at radius 1 is 0.963 bits per heavy atom. The van der Waals surface area contributed by atoms with Gasteiger partial charge < -0.3 is 10.2 Å². The van der Waals surface area contributed by atoms with E-state index in [1.54, 1.807) is 12.1 Å². The predicted molar refractivity (Wildman–Crippen MR) is 98.1 cm³/mol. The van der Waals surface area contributed by atoms with Crippen molar-refractivity contribution in [3.8, 4) is 0 Å². The standard InChI is InChI=1S/C20H16F3N3O/c1-26(16-5-3-2-4-6-16)17-11-12-24-18(13-17)19(27)25-15-9-7-14(8-10-15)20(21,22)23/h2-13H,1H3,(H,25,27). The van der Waals surface area contributed by atoms with Gasteiger partial charge in [0.2, 0.25) is 0 Å². The molecule has 0 aliphatic rings. The molecule has 0 radical (unpaired) electrons. The number of anilines is 3. The summed E-state index contributed by atoms with van der Waals surface area (Å²) in [5.74, 6) is -0.502. The number of amides is 1. The highest BCUT2D eigenvalue weighted by atomic mass is 19.4.